The minimum atomic E-state index is 0.549. The fourth-order valence-electron chi connectivity index (χ4n) is 3.12. The van der Waals surface area contributed by atoms with E-state index in [1.807, 2.05) is 49.5 Å². The van der Waals surface area contributed by atoms with Crippen molar-refractivity contribution in [2.45, 2.75) is 13.5 Å². The first kappa shape index (κ1) is 19.9. The van der Waals surface area contributed by atoms with Gasteiger partial charge in [-0.15, -0.1) is 20.4 Å². The molecule has 2 heterocycles. The minimum absolute atomic E-state index is 0.549. The van der Waals surface area contributed by atoms with Crippen LogP contribution in [0.15, 0.2) is 83.5 Å². The van der Waals surface area contributed by atoms with E-state index in [0.29, 0.717) is 5.13 Å². The largest absolute Gasteiger partial charge is 0.368 e. The average molecular weight is 419 g/mol. The molecule has 0 saturated heterocycles. The van der Waals surface area contributed by atoms with Gasteiger partial charge < -0.3 is 4.90 Å². The van der Waals surface area contributed by atoms with E-state index in [2.05, 4.69) is 72.2 Å². The monoisotopic (exact) mass is 418 g/mol. The highest BCUT2D eigenvalue weighted by Crippen LogP contribution is 2.29. The second kappa shape index (κ2) is 9.41. The lowest BCUT2D eigenvalue weighted by atomic mass is 10.2. The summed E-state index contributed by atoms with van der Waals surface area (Å²) in [7, 11) is 2.03. The van der Waals surface area contributed by atoms with E-state index in [1.54, 1.807) is 0 Å². The van der Waals surface area contributed by atoms with Gasteiger partial charge in [0.25, 0.3) is 5.13 Å². The van der Waals surface area contributed by atoms with Crippen molar-refractivity contribution >= 4 is 27.8 Å². The van der Waals surface area contributed by atoms with Crippen LogP contribution in [0.1, 0.15) is 6.92 Å². The Bertz CT molecular complexity index is 1100. The number of azo groups is 1. The summed E-state index contributed by atoms with van der Waals surface area (Å²) in [6.07, 6.45) is 6.23. The molecule has 0 aliphatic rings. The number of hydrogen-bond donors (Lipinski definition) is 0. The molecule has 0 aliphatic heterocycles. The highest BCUT2D eigenvalue weighted by molar-refractivity contribution is 7.18. The van der Waals surface area contributed by atoms with Gasteiger partial charge in [0, 0.05) is 17.8 Å². The highest BCUT2D eigenvalue weighted by Gasteiger charge is 2.08. The van der Waals surface area contributed by atoms with Gasteiger partial charge in [0.2, 0.25) is 6.33 Å². The Morgan fingerprint density at radius 2 is 1.83 bits per heavy atom. The summed E-state index contributed by atoms with van der Waals surface area (Å²) in [6, 6.07) is 18.1. The van der Waals surface area contributed by atoms with Crippen LogP contribution in [0.3, 0.4) is 0 Å². The Morgan fingerprint density at radius 3 is 2.53 bits per heavy atom. The minimum Gasteiger partial charge on any atom is -0.368 e. The summed E-state index contributed by atoms with van der Waals surface area (Å²) in [5.74, 6) is 0. The van der Waals surface area contributed by atoms with Gasteiger partial charge in [-0.05, 0) is 31.2 Å². The first-order valence-corrected chi connectivity index (χ1v) is 10.7. The molecule has 4 rings (SSSR count). The van der Waals surface area contributed by atoms with Crippen LogP contribution in [-0.2, 0) is 13.6 Å². The molecule has 2 aromatic heterocycles. The zero-order valence-corrected chi connectivity index (χ0v) is 17.9. The average Bonchev–Trinajstić information content (AvgIpc) is 3.43. The van der Waals surface area contributed by atoms with Crippen LogP contribution in [0.4, 0.5) is 16.5 Å². The predicted octanol–water partition coefficient (Wildman–Crippen LogP) is 4.77. The summed E-state index contributed by atoms with van der Waals surface area (Å²) in [5, 5.41) is 18.3. The first-order chi connectivity index (χ1) is 14.7. The van der Waals surface area contributed by atoms with Gasteiger partial charge in [-0.2, -0.15) is 0 Å². The van der Waals surface area contributed by atoms with Gasteiger partial charge in [0.1, 0.15) is 23.9 Å². The first-order valence-electron chi connectivity index (χ1n) is 9.88. The van der Waals surface area contributed by atoms with E-state index in [0.717, 1.165) is 35.9 Å². The van der Waals surface area contributed by atoms with Gasteiger partial charge >= 0.3 is 0 Å². The van der Waals surface area contributed by atoms with Gasteiger partial charge in [0.15, 0.2) is 0 Å². The lowest BCUT2D eigenvalue weighted by molar-refractivity contribution is -0.671. The third kappa shape index (κ3) is 4.96. The third-order valence-corrected chi connectivity index (χ3v) is 5.59. The van der Waals surface area contributed by atoms with Crippen molar-refractivity contribution in [2.24, 2.45) is 17.3 Å². The van der Waals surface area contributed by atoms with Crippen molar-refractivity contribution in [1.29, 1.82) is 0 Å². The maximum Gasteiger partial charge on any atom is 0.252 e. The zero-order valence-electron chi connectivity index (χ0n) is 17.1. The molecule has 0 spiro atoms. The Morgan fingerprint density at radius 1 is 1.03 bits per heavy atom. The zero-order chi connectivity index (χ0) is 20.8. The second-order valence-electron chi connectivity index (χ2n) is 6.87. The van der Waals surface area contributed by atoms with Crippen molar-refractivity contribution in [3.05, 3.63) is 73.3 Å². The van der Waals surface area contributed by atoms with E-state index in [4.69, 9.17) is 0 Å². The van der Waals surface area contributed by atoms with Crippen LogP contribution in [0.5, 0.6) is 0 Å². The number of rotatable bonds is 8. The Balaban J connectivity index is 1.38. The quantitative estimate of drug-likeness (QED) is 0.306. The molecule has 30 heavy (non-hydrogen) atoms. The number of benzene rings is 2. The molecular weight excluding hydrogens is 394 g/mol. The molecule has 2 aromatic carbocycles. The summed E-state index contributed by atoms with van der Waals surface area (Å²) in [5.41, 5.74) is 3.01. The molecule has 0 radical (unpaired) electrons. The molecule has 4 aromatic rings. The number of imidazole rings is 1. The summed E-state index contributed by atoms with van der Waals surface area (Å²) >= 11 is 1.43. The topological polar surface area (TPSA) is 62.5 Å². The molecule has 0 unspecified atom stereocenters. The fourth-order valence-corrected chi connectivity index (χ4v) is 3.80. The number of aryl methyl sites for hydroxylation is 1. The van der Waals surface area contributed by atoms with Crippen LogP contribution in [0.25, 0.3) is 10.6 Å². The SMILES string of the molecule is CCN(CCn1cc[n+](C)c1)c1ccc(/N=N/c2nnc(-c3ccccc3)s2)cc1. The van der Waals surface area contributed by atoms with Crippen molar-refractivity contribution in [3.63, 3.8) is 0 Å². The third-order valence-electron chi connectivity index (χ3n) is 4.73. The second-order valence-corrected chi connectivity index (χ2v) is 7.82. The Hall–Kier alpha value is -3.39. The molecule has 0 saturated carbocycles. The number of hydrogen-bond acceptors (Lipinski definition) is 6. The van der Waals surface area contributed by atoms with Crippen LogP contribution in [-0.4, -0.2) is 27.9 Å². The summed E-state index contributed by atoms with van der Waals surface area (Å²) in [6.45, 7) is 5.00. The highest BCUT2D eigenvalue weighted by atomic mass is 32.1. The van der Waals surface area contributed by atoms with E-state index >= 15 is 0 Å². The van der Waals surface area contributed by atoms with Crippen molar-refractivity contribution in [3.8, 4) is 10.6 Å². The van der Waals surface area contributed by atoms with E-state index in [9.17, 15) is 0 Å². The van der Waals surface area contributed by atoms with E-state index in [-0.39, 0.29) is 0 Å². The predicted molar refractivity (Wildman–Crippen MR) is 119 cm³/mol. The molecule has 0 amide bonds. The molecule has 0 aliphatic carbocycles. The number of nitrogens with zero attached hydrogens (tertiary/aromatic N) is 7. The fraction of sp³-hybridized carbons (Fsp3) is 0.227. The standard InChI is InChI=1S/C22H24N7S/c1-3-29(16-15-28-14-13-27(2)17-28)20-11-9-19(10-12-20)23-25-22-26-24-21(30-22)18-7-5-4-6-8-18/h4-14,17H,3,15-16H2,1-2H3/q+1/b25-23+. The normalized spacial score (nSPS) is 11.3. The van der Waals surface area contributed by atoms with Crippen molar-refractivity contribution in [1.82, 2.24) is 14.8 Å². The van der Waals surface area contributed by atoms with Crippen LogP contribution < -0.4 is 9.47 Å². The molecule has 7 nitrogen and oxygen atoms in total. The molecule has 152 valence electrons. The number of anilines is 1. The molecular formula is C22H24N7S+. The number of aromatic nitrogens is 4. The lowest BCUT2D eigenvalue weighted by Gasteiger charge is -2.22. The number of likely N-dealkylation sites (N-methyl/N-ethyl adjacent to an activating group) is 1. The van der Waals surface area contributed by atoms with Gasteiger partial charge in [-0.1, -0.05) is 41.7 Å². The molecule has 0 bridgehead atoms. The van der Waals surface area contributed by atoms with Crippen molar-refractivity contribution < 1.29 is 4.57 Å². The Kier molecular flexibility index (Phi) is 6.24. The maximum absolute atomic E-state index is 4.31. The van der Waals surface area contributed by atoms with Gasteiger partial charge in [-0.25, -0.2) is 9.13 Å². The smallest absolute Gasteiger partial charge is 0.252 e. The Labute approximate surface area is 180 Å². The molecule has 0 atom stereocenters. The summed E-state index contributed by atoms with van der Waals surface area (Å²) < 4.78 is 4.24. The van der Waals surface area contributed by atoms with Gasteiger partial charge in [0.05, 0.1) is 19.3 Å². The maximum atomic E-state index is 4.31. The van der Waals surface area contributed by atoms with Crippen LogP contribution in [0, 0.1) is 0 Å². The van der Waals surface area contributed by atoms with E-state index in [1.165, 1.54) is 17.0 Å². The van der Waals surface area contributed by atoms with Crippen LogP contribution in [0.2, 0.25) is 0 Å². The molecule has 0 fully saturated rings. The molecule has 8 heteroatoms. The molecule has 0 N–H and O–H groups in total. The van der Waals surface area contributed by atoms with Gasteiger partial charge in [-0.3, -0.25) is 0 Å². The lowest BCUT2D eigenvalue weighted by Crippen LogP contribution is -2.28. The van der Waals surface area contributed by atoms with E-state index < -0.39 is 0 Å². The summed E-state index contributed by atoms with van der Waals surface area (Å²) in [4.78, 5) is 2.35. The van der Waals surface area contributed by atoms with Crippen LogP contribution >= 0.6 is 11.3 Å². The van der Waals surface area contributed by atoms with Crippen molar-refractivity contribution in [2.75, 3.05) is 18.0 Å².